The number of nitro benzene ring substituents is 1. The molecular formula is C14H17N3O4. The Bertz CT molecular complexity index is 652. The van der Waals surface area contributed by atoms with E-state index in [-0.39, 0.29) is 5.69 Å². The van der Waals surface area contributed by atoms with E-state index < -0.39 is 4.92 Å². The fourth-order valence-electron chi connectivity index (χ4n) is 1.95. The Morgan fingerprint density at radius 1 is 1.29 bits per heavy atom. The van der Waals surface area contributed by atoms with Gasteiger partial charge in [-0.3, -0.25) is 14.8 Å². The van der Waals surface area contributed by atoms with Gasteiger partial charge in [0.1, 0.15) is 24.7 Å². The van der Waals surface area contributed by atoms with Crippen LogP contribution in [-0.4, -0.2) is 27.9 Å². The van der Waals surface area contributed by atoms with Crippen molar-refractivity contribution in [2.45, 2.75) is 13.8 Å². The van der Waals surface area contributed by atoms with E-state index in [0.29, 0.717) is 19.0 Å². The van der Waals surface area contributed by atoms with Gasteiger partial charge in [0.05, 0.1) is 16.7 Å². The molecule has 0 saturated carbocycles. The van der Waals surface area contributed by atoms with Crippen molar-refractivity contribution in [1.29, 1.82) is 0 Å². The molecule has 2 aromatic rings. The summed E-state index contributed by atoms with van der Waals surface area (Å²) in [5.41, 5.74) is 1.78. The molecule has 0 bridgehead atoms. The van der Waals surface area contributed by atoms with Crippen LogP contribution in [0.1, 0.15) is 11.4 Å². The molecule has 7 heteroatoms. The second-order valence-corrected chi connectivity index (χ2v) is 4.57. The summed E-state index contributed by atoms with van der Waals surface area (Å²) in [7, 11) is 1.86. The number of aryl methyl sites for hydroxylation is 2. The first-order valence-electron chi connectivity index (χ1n) is 6.49. The average Bonchev–Trinajstić information content (AvgIpc) is 2.69. The highest BCUT2D eigenvalue weighted by Gasteiger charge is 2.10. The highest BCUT2D eigenvalue weighted by Crippen LogP contribution is 2.22. The van der Waals surface area contributed by atoms with Crippen molar-refractivity contribution >= 4 is 5.69 Å². The Balaban J connectivity index is 1.87. The van der Waals surface area contributed by atoms with Gasteiger partial charge in [0.2, 0.25) is 0 Å². The topological polar surface area (TPSA) is 79.4 Å². The van der Waals surface area contributed by atoms with E-state index in [0.717, 1.165) is 17.1 Å². The maximum absolute atomic E-state index is 10.7. The summed E-state index contributed by atoms with van der Waals surface area (Å²) in [6.45, 7) is 4.45. The van der Waals surface area contributed by atoms with E-state index >= 15 is 0 Å². The molecule has 0 aliphatic rings. The molecule has 0 radical (unpaired) electrons. The molecule has 0 fully saturated rings. The van der Waals surface area contributed by atoms with Crippen LogP contribution < -0.4 is 9.47 Å². The second-order valence-electron chi connectivity index (χ2n) is 4.57. The van der Waals surface area contributed by atoms with Crippen LogP contribution in [0.25, 0.3) is 0 Å². The number of benzene rings is 1. The van der Waals surface area contributed by atoms with Crippen molar-refractivity contribution in [3.63, 3.8) is 0 Å². The predicted octanol–water partition coefficient (Wildman–Crippen LogP) is 2.40. The van der Waals surface area contributed by atoms with Gasteiger partial charge in [-0.2, -0.15) is 5.10 Å². The first-order chi connectivity index (χ1) is 9.99. The van der Waals surface area contributed by atoms with E-state index in [1.54, 1.807) is 16.8 Å². The molecule has 1 aromatic carbocycles. The number of nitro groups is 1. The van der Waals surface area contributed by atoms with E-state index in [1.165, 1.54) is 12.1 Å². The lowest BCUT2D eigenvalue weighted by atomic mass is 10.3. The Kier molecular flexibility index (Phi) is 4.42. The first-order valence-corrected chi connectivity index (χ1v) is 6.49. The maximum Gasteiger partial charge on any atom is 0.273 e. The average molecular weight is 291 g/mol. The minimum Gasteiger partial charge on any atom is -0.490 e. The highest BCUT2D eigenvalue weighted by atomic mass is 16.6. The number of nitrogens with zero attached hydrogens (tertiary/aromatic N) is 3. The van der Waals surface area contributed by atoms with Crippen LogP contribution in [0.5, 0.6) is 11.5 Å². The smallest absolute Gasteiger partial charge is 0.273 e. The van der Waals surface area contributed by atoms with Crippen LogP contribution in [0.4, 0.5) is 5.69 Å². The number of aromatic nitrogens is 2. The number of hydrogen-bond donors (Lipinski definition) is 0. The molecule has 0 N–H and O–H groups in total. The largest absolute Gasteiger partial charge is 0.490 e. The molecule has 0 unspecified atom stereocenters. The Morgan fingerprint density at radius 3 is 2.62 bits per heavy atom. The number of rotatable bonds is 6. The van der Waals surface area contributed by atoms with Crippen LogP contribution in [0.15, 0.2) is 24.3 Å². The molecule has 112 valence electrons. The third-order valence-electron chi connectivity index (χ3n) is 3.07. The third kappa shape index (κ3) is 3.50. The van der Waals surface area contributed by atoms with E-state index in [2.05, 4.69) is 5.10 Å². The minimum atomic E-state index is -0.453. The van der Waals surface area contributed by atoms with Gasteiger partial charge in [0.15, 0.2) is 5.75 Å². The fraction of sp³-hybridized carbons (Fsp3) is 0.357. The predicted molar refractivity (Wildman–Crippen MR) is 76.8 cm³/mol. The molecule has 0 aliphatic carbocycles. The molecule has 0 amide bonds. The van der Waals surface area contributed by atoms with Crippen LogP contribution in [0.2, 0.25) is 0 Å². The number of hydrogen-bond acceptors (Lipinski definition) is 5. The summed E-state index contributed by atoms with van der Waals surface area (Å²) < 4.78 is 12.9. The SMILES string of the molecule is Cc1nn(C)c(C)c1OCCOc1cccc([N+](=O)[O-])c1. The fourth-order valence-corrected chi connectivity index (χ4v) is 1.95. The van der Waals surface area contributed by atoms with Gasteiger partial charge in [-0.05, 0) is 19.9 Å². The van der Waals surface area contributed by atoms with Crippen molar-refractivity contribution in [3.05, 3.63) is 45.8 Å². The number of non-ortho nitro benzene ring substituents is 1. The Morgan fingerprint density at radius 2 is 2.00 bits per heavy atom. The molecule has 7 nitrogen and oxygen atoms in total. The monoisotopic (exact) mass is 291 g/mol. The molecule has 0 atom stereocenters. The summed E-state index contributed by atoms with van der Waals surface area (Å²) in [5, 5.41) is 14.9. The lowest BCUT2D eigenvalue weighted by Gasteiger charge is -2.08. The van der Waals surface area contributed by atoms with Crippen molar-refractivity contribution in [2.24, 2.45) is 7.05 Å². The molecule has 2 rings (SSSR count). The third-order valence-corrected chi connectivity index (χ3v) is 3.07. The normalized spacial score (nSPS) is 10.4. The molecule has 21 heavy (non-hydrogen) atoms. The quantitative estimate of drug-likeness (QED) is 0.464. The van der Waals surface area contributed by atoms with Crippen LogP contribution in [0, 0.1) is 24.0 Å². The Labute approximate surface area is 122 Å². The van der Waals surface area contributed by atoms with Crippen LogP contribution >= 0.6 is 0 Å². The summed E-state index contributed by atoms with van der Waals surface area (Å²) in [6, 6.07) is 6.07. The Hall–Kier alpha value is -2.57. The van der Waals surface area contributed by atoms with E-state index in [1.807, 2.05) is 20.9 Å². The standard InChI is InChI=1S/C14H17N3O4/c1-10-14(11(2)16(3)15-10)21-8-7-20-13-6-4-5-12(9-13)17(18)19/h4-6,9H,7-8H2,1-3H3. The van der Waals surface area contributed by atoms with Crippen molar-refractivity contribution in [2.75, 3.05) is 13.2 Å². The minimum absolute atomic E-state index is 0.00682. The molecule has 1 aromatic heterocycles. The van der Waals surface area contributed by atoms with Gasteiger partial charge in [-0.1, -0.05) is 6.07 Å². The lowest BCUT2D eigenvalue weighted by Crippen LogP contribution is -2.10. The summed E-state index contributed by atoms with van der Waals surface area (Å²) in [6.07, 6.45) is 0. The molecular weight excluding hydrogens is 274 g/mol. The van der Waals surface area contributed by atoms with Gasteiger partial charge in [0, 0.05) is 13.1 Å². The second kappa shape index (κ2) is 6.25. The van der Waals surface area contributed by atoms with Gasteiger partial charge in [0.25, 0.3) is 5.69 Å². The first kappa shape index (κ1) is 14.8. The molecule has 1 heterocycles. The summed E-state index contributed by atoms with van der Waals surface area (Å²) >= 11 is 0. The number of ether oxygens (including phenoxy) is 2. The highest BCUT2D eigenvalue weighted by molar-refractivity contribution is 5.38. The van der Waals surface area contributed by atoms with Gasteiger partial charge >= 0.3 is 0 Å². The summed E-state index contributed by atoms with van der Waals surface area (Å²) in [4.78, 5) is 10.2. The maximum atomic E-state index is 10.7. The zero-order valence-electron chi connectivity index (χ0n) is 12.2. The van der Waals surface area contributed by atoms with Crippen molar-refractivity contribution in [1.82, 2.24) is 9.78 Å². The van der Waals surface area contributed by atoms with E-state index in [9.17, 15) is 10.1 Å². The van der Waals surface area contributed by atoms with Gasteiger partial charge in [-0.15, -0.1) is 0 Å². The zero-order valence-corrected chi connectivity index (χ0v) is 12.2. The van der Waals surface area contributed by atoms with Crippen molar-refractivity contribution < 1.29 is 14.4 Å². The molecule has 0 spiro atoms. The van der Waals surface area contributed by atoms with Crippen molar-refractivity contribution in [3.8, 4) is 11.5 Å². The molecule has 0 aliphatic heterocycles. The van der Waals surface area contributed by atoms with Gasteiger partial charge < -0.3 is 9.47 Å². The zero-order chi connectivity index (χ0) is 15.4. The van der Waals surface area contributed by atoms with Gasteiger partial charge in [-0.25, -0.2) is 0 Å². The lowest BCUT2D eigenvalue weighted by molar-refractivity contribution is -0.384. The van der Waals surface area contributed by atoms with E-state index in [4.69, 9.17) is 9.47 Å². The van der Waals surface area contributed by atoms with Crippen LogP contribution in [0.3, 0.4) is 0 Å². The van der Waals surface area contributed by atoms with Crippen LogP contribution in [-0.2, 0) is 7.05 Å². The molecule has 0 saturated heterocycles. The summed E-state index contributed by atoms with van der Waals surface area (Å²) in [5.74, 6) is 1.20.